The second-order valence-corrected chi connectivity index (χ2v) is 15.2. The largest absolute Gasteiger partial charge is 0.481 e. The fourth-order valence-corrected chi connectivity index (χ4v) is 7.69. The van der Waals surface area contributed by atoms with E-state index in [4.69, 9.17) is 9.47 Å². The van der Waals surface area contributed by atoms with E-state index in [9.17, 15) is 30.4 Å². The summed E-state index contributed by atoms with van der Waals surface area (Å²) in [6.07, 6.45) is 2.84. The highest BCUT2D eigenvalue weighted by Gasteiger charge is 2.37. The molecule has 2 aliphatic rings. The van der Waals surface area contributed by atoms with Crippen LogP contribution in [0.4, 0.5) is 13.2 Å². The molecular weight excluding hydrogens is 647 g/mol. The summed E-state index contributed by atoms with van der Waals surface area (Å²) >= 11 is 0. The molecule has 0 aliphatic carbocycles. The van der Waals surface area contributed by atoms with Crippen LogP contribution in [0.5, 0.6) is 5.88 Å². The van der Waals surface area contributed by atoms with Crippen LogP contribution < -0.4 is 4.74 Å². The first-order valence-corrected chi connectivity index (χ1v) is 17.8. The summed E-state index contributed by atoms with van der Waals surface area (Å²) < 4.78 is 105. The van der Waals surface area contributed by atoms with Crippen molar-refractivity contribution < 1.29 is 44.3 Å². The number of sulfonamides is 1. The maximum Gasteiger partial charge on any atom is 0.257 e. The van der Waals surface area contributed by atoms with Gasteiger partial charge in [-0.3, -0.25) is 4.79 Å². The summed E-state index contributed by atoms with van der Waals surface area (Å²) in [5, 5.41) is 1.02. The van der Waals surface area contributed by atoms with Gasteiger partial charge in [0.1, 0.15) is 5.82 Å². The average Bonchev–Trinajstić information content (AvgIpc) is 3.64. The van der Waals surface area contributed by atoms with Crippen LogP contribution in [0.1, 0.15) is 23.7 Å². The second kappa shape index (κ2) is 13.5. The van der Waals surface area contributed by atoms with Gasteiger partial charge < -0.3 is 14.4 Å². The summed E-state index contributed by atoms with van der Waals surface area (Å²) in [7, 11) is -5.64. The van der Waals surface area contributed by atoms with Gasteiger partial charge in [0.25, 0.3) is 5.91 Å². The molecule has 3 atom stereocenters. The molecule has 0 saturated carbocycles. The van der Waals surface area contributed by atoms with Crippen molar-refractivity contribution in [1.29, 1.82) is 0 Å². The zero-order valence-corrected chi connectivity index (χ0v) is 26.6. The Morgan fingerprint density at radius 3 is 2.39 bits per heavy atom. The normalized spacial score (nSPS) is 20.1. The van der Waals surface area contributed by atoms with E-state index in [2.05, 4.69) is 4.98 Å². The molecular formula is C31H32F3N3O7S2. The monoisotopic (exact) mass is 679 g/mol. The number of ether oxygens (including phenoxy) is 2. The van der Waals surface area contributed by atoms with E-state index in [1.54, 1.807) is 12.1 Å². The Morgan fingerprint density at radius 2 is 1.78 bits per heavy atom. The number of aromatic nitrogens is 1. The molecule has 3 heterocycles. The highest BCUT2D eigenvalue weighted by molar-refractivity contribution is 7.94. The zero-order valence-electron chi connectivity index (χ0n) is 25.0. The number of pyridine rings is 1. The van der Waals surface area contributed by atoms with Crippen LogP contribution in [-0.4, -0.2) is 81.8 Å². The van der Waals surface area contributed by atoms with E-state index in [1.165, 1.54) is 46.8 Å². The minimum Gasteiger partial charge on any atom is -0.481 e. The SMILES string of the molecule is COc1cc(CN(C(=O)C(OCC2CCN(S(C)(=O)=O)C2)c2ccc(-c3ccc(F)c(F)c3)cc2F)[C@@H]2C=CS(=O)(=O)C2)ccn1. The van der Waals surface area contributed by atoms with E-state index in [-0.39, 0.29) is 54.7 Å². The van der Waals surface area contributed by atoms with Crippen LogP contribution in [-0.2, 0) is 35.9 Å². The van der Waals surface area contributed by atoms with Gasteiger partial charge in [-0.15, -0.1) is 0 Å². The first-order chi connectivity index (χ1) is 21.7. The van der Waals surface area contributed by atoms with Gasteiger partial charge in [0.15, 0.2) is 27.6 Å². The molecule has 1 fully saturated rings. The summed E-state index contributed by atoms with van der Waals surface area (Å²) in [6.45, 7) is 0.232. The van der Waals surface area contributed by atoms with Crippen LogP contribution >= 0.6 is 0 Å². The van der Waals surface area contributed by atoms with Gasteiger partial charge in [0.2, 0.25) is 15.9 Å². The number of nitrogens with zero attached hydrogens (tertiary/aromatic N) is 3. The van der Waals surface area contributed by atoms with E-state index in [0.717, 1.165) is 29.9 Å². The Bertz CT molecular complexity index is 1870. The Balaban J connectivity index is 1.50. The second-order valence-electron chi connectivity index (χ2n) is 11.3. The smallest absolute Gasteiger partial charge is 0.257 e. The quantitative estimate of drug-likeness (QED) is 0.300. The van der Waals surface area contributed by atoms with Crippen molar-refractivity contribution in [3.8, 4) is 17.0 Å². The van der Waals surface area contributed by atoms with Crippen molar-refractivity contribution in [2.45, 2.75) is 25.1 Å². The number of rotatable bonds is 11. The maximum absolute atomic E-state index is 15.9. The standard InChI is InChI=1S/C31H32F3N3O7S2/c1-43-29-13-20(7-10-35-29)17-37(24-9-12-46(41,42)19-24)31(38)30(44-18-21-8-11-36(16-21)45(2,39)40)25-5-3-22(14-27(25)33)23-4-6-26(32)28(34)15-23/h3-7,9-10,12-15,21,24,30H,8,11,16-19H2,1-2H3/t21?,24-,30?/m1/s1. The summed E-state index contributed by atoms with van der Waals surface area (Å²) in [5.41, 5.74) is 0.813. The highest BCUT2D eigenvalue weighted by Crippen LogP contribution is 2.32. The molecule has 0 N–H and O–H groups in total. The fraction of sp³-hybridized carbons (Fsp3) is 0.355. The lowest BCUT2D eigenvalue weighted by atomic mass is 9.99. The van der Waals surface area contributed by atoms with Crippen LogP contribution in [0.2, 0.25) is 0 Å². The van der Waals surface area contributed by atoms with Gasteiger partial charge in [0, 0.05) is 42.9 Å². The molecule has 10 nitrogen and oxygen atoms in total. The van der Waals surface area contributed by atoms with Crippen molar-refractivity contribution in [3.05, 3.63) is 94.8 Å². The number of carbonyl (C=O) groups excluding carboxylic acids is 1. The van der Waals surface area contributed by atoms with Crippen LogP contribution in [0.3, 0.4) is 0 Å². The number of benzene rings is 2. The van der Waals surface area contributed by atoms with Crippen molar-refractivity contribution >= 4 is 25.8 Å². The minimum absolute atomic E-state index is 0.0947. The van der Waals surface area contributed by atoms with Crippen molar-refractivity contribution in [2.24, 2.45) is 5.92 Å². The van der Waals surface area contributed by atoms with Gasteiger partial charge in [-0.05, 0) is 59.4 Å². The van der Waals surface area contributed by atoms with Crippen molar-refractivity contribution in [1.82, 2.24) is 14.2 Å². The van der Waals surface area contributed by atoms with Crippen molar-refractivity contribution in [2.75, 3.05) is 38.8 Å². The predicted molar refractivity (Wildman–Crippen MR) is 163 cm³/mol. The molecule has 2 aliphatic heterocycles. The fourth-order valence-electron chi connectivity index (χ4n) is 5.48. The first-order valence-electron chi connectivity index (χ1n) is 14.3. The molecule has 0 spiro atoms. The Morgan fingerprint density at radius 1 is 1.07 bits per heavy atom. The molecule has 15 heteroatoms. The molecule has 5 rings (SSSR count). The molecule has 1 saturated heterocycles. The lowest BCUT2D eigenvalue weighted by Gasteiger charge is -2.32. The number of carbonyl (C=O) groups is 1. The third-order valence-corrected chi connectivity index (χ3v) is 10.6. The Kier molecular flexibility index (Phi) is 9.86. The first kappa shape index (κ1) is 33.6. The van der Waals surface area contributed by atoms with Gasteiger partial charge in [-0.1, -0.05) is 18.2 Å². The zero-order chi connectivity index (χ0) is 33.2. The number of hydrogen-bond acceptors (Lipinski definition) is 8. The van der Waals surface area contributed by atoms with Gasteiger partial charge in [-0.25, -0.2) is 39.3 Å². The van der Waals surface area contributed by atoms with Crippen molar-refractivity contribution in [3.63, 3.8) is 0 Å². The number of halogens is 3. The summed E-state index contributed by atoms with van der Waals surface area (Å²) in [4.78, 5) is 19.7. The van der Waals surface area contributed by atoms with Gasteiger partial charge in [0.05, 0.1) is 31.8 Å². The molecule has 246 valence electrons. The van der Waals surface area contributed by atoms with Gasteiger partial charge in [-0.2, -0.15) is 0 Å². The topological polar surface area (TPSA) is 123 Å². The van der Waals surface area contributed by atoms with Crippen LogP contribution in [0, 0.1) is 23.4 Å². The Hall–Kier alpha value is -3.79. The number of sulfone groups is 1. The Labute approximate surface area is 265 Å². The molecule has 1 aromatic heterocycles. The molecule has 1 amide bonds. The summed E-state index contributed by atoms with van der Waals surface area (Å²) in [6, 6.07) is 9.26. The van der Waals surface area contributed by atoms with E-state index in [1.807, 2.05) is 0 Å². The third-order valence-electron chi connectivity index (χ3n) is 7.93. The molecule has 2 aromatic carbocycles. The molecule has 3 aromatic rings. The predicted octanol–water partition coefficient (Wildman–Crippen LogP) is 3.85. The lowest BCUT2D eigenvalue weighted by Crippen LogP contribution is -2.44. The maximum atomic E-state index is 15.9. The van der Waals surface area contributed by atoms with E-state index < -0.39 is 61.1 Å². The number of hydrogen-bond donors (Lipinski definition) is 0. The molecule has 0 bridgehead atoms. The van der Waals surface area contributed by atoms with E-state index in [0.29, 0.717) is 12.0 Å². The summed E-state index contributed by atoms with van der Waals surface area (Å²) in [5.74, 6) is -4.19. The molecule has 2 unspecified atom stereocenters. The number of amides is 1. The third kappa shape index (κ3) is 7.77. The number of methoxy groups -OCH3 is 1. The van der Waals surface area contributed by atoms with Gasteiger partial charge >= 0.3 is 0 Å². The van der Waals surface area contributed by atoms with E-state index >= 15 is 4.39 Å². The average molecular weight is 680 g/mol. The lowest BCUT2D eigenvalue weighted by molar-refractivity contribution is -0.147. The van der Waals surface area contributed by atoms with Crippen LogP contribution in [0.25, 0.3) is 11.1 Å². The molecule has 0 radical (unpaired) electrons. The molecule has 46 heavy (non-hydrogen) atoms. The van der Waals surface area contributed by atoms with Crippen LogP contribution in [0.15, 0.2) is 66.2 Å². The minimum atomic E-state index is -3.61. The highest BCUT2D eigenvalue weighted by atomic mass is 32.2.